The summed E-state index contributed by atoms with van der Waals surface area (Å²) in [7, 11) is 9.64. The minimum absolute atomic E-state index is 0. The standard InChI is InChI=1S/C18H22N2.C18H15NO.C17H21N3.C16H24N4.2C16H17NO.C15H22N4.CH4/c1-7-13-11(5)17-16(15(9-3)14(13)8-2)10(4)12(6)20-18(17)19;1-4-12-8-16-15(14(5-2)11(12)3)9-13-6-7-19-18(13)17(16)10-20;1-6-7-8-13-10(3)15-14(11(4)16(13)18)9(2)12(5)20-17(15)19;1-8-9(2)13(17-5)10(3)15-12(8)14(18-6)11(4)16(19-7)20-15;2*1-4-5-6-7-13-11(2)10-14-15(18)8-9-17-16(14)12(13)3;1-7-8(2)13(16)9(3)11-10(4)14(17-5)19-15(18-6)12(7)11;/h7,9H,1,3,8H2,2,4-6H3,(H2,19,20);4-10,19H,1-2H2,3H3;6-8H,1,18H2,2-5H3,(H2,19,20);17H,1-7H3,(H2,18,19,20);2*4-10H,1-3H3,(H,17,18);16H2,1-6H3,(H2,17,18,19);1H4/b;;8-7+;;2*5-4+,7-6+;;. The Balaban J connectivity index is 0.000000195. The molecule has 0 aliphatic rings. The number of benzene rings is 8. The van der Waals surface area contributed by atoms with Crippen molar-refractivity contribution in [2.45, 2.75) is 173 Å². The van der Waals surface area contributed by atoms with Crippen molar-refractivity contribution in [3.63, 3.8) is 0 Å². The van der Waals surface area contributed by atoms with Gasteiger partial charge >= 0.3 is 0 Å². The van der Waals surface area contributed by atoms with Crippen LogP contribution in [0.3, 0.4) is 0 Å². The summed E-state index contributed by atoms with van der Waals surface area (Å²) in [6.07, 6.45) is 36.4. The zero-order valence-corrected chi connectivity index (χ0v) is 84.6. The van der Waals surface area contributed by atoms with Crippen molar-refractivity contribution in [3.8, 4) is 0 Å². The average molecular weight is 1820 g/mol. The Morgan fingerprint density at radius 2 is 0.816 bits per heavy atom. The molecule has 0 aliphatic heterocycles. The molecule has 0 radical (unpaired) electrons. The molecule has 0 atom stereocenters. The Hall–Kier alpha value is -15.1. The highest BCUT2D eigenvalue weighted by atomic mass is 16.1. The Morgan fingerprint density at radius 3 is 1.29 bits per heavy atom. The van der Waals surface area contributed by atoms with Crippen LogP contribution >= 0.6 is 0 Å². The quantitative estimate of drug-likeness (QED) is 0.0229. The lowest BCUT2D eigenvalue weighted by Gasteiger charge is -2.21. The smallest absolute Gasteiger partial charge is 0.189 e. The van der Waals surface area contributed by atoms with Gasteiger partial charge in [-0.15, -0.1) is 0 Å². The first-order chi connectivity index (χ1) is 64.3. The van der Waals surface area contributed by atoms with Crippen molar-refractivity contribution < 1.29 is 4.79 Å². The molecule has 16 N–H and O–H groups in total. The average Bonchev–Trinajstić information content (AvgIpc) is 1.09. The topological polar surface area (TPSA) is 314 Å². The molecule has 708 valence electrons. The normalized spacial score (nSPS) is 11.1. The van der Waals surface area contributed by atoms with E-state index in [1.165, 1.54) is 71.7 Å². The summed E-state index contributed by atoms with van der Waals surface area (Å²) >= 11 is 0. The largest absolute Gasteiger partial charge is 0.398 e. The molecule has 15 aromatic rings. The van der Waals surface area contributed by atoms with E-state index in [4.69, 9.17) is 27.9 Å². The lowest BCUT2D eigenvalue weighted by molar-refractivity contribution is 0.112. The van der Waals surface area contributed by atoms with Crippen LogP contribution in [-0.2, 0) is 6.42 Å². The minimum Gasteiger partial charge on any atom is -0.398 e. The molecule has 0 aliphatic carbocycles. The van der Waals surface area contributed by atoms with Gasteiger partial charge in [0.25, 0.3) is 0 Å². The number of aldehydes is 1. The first-order valence-electron chi connectivity index (χ1n) is 45.6. The van der Waals surface area contributed by atoms with Gasteiger partial charge in [0.05, 0.1) is 27.8 Å². The second-order valence-corrected chi connectivity index (χ2v) is 34.1. The van der Waals surface area contributed by atoms with Gasteiger partial charge in [0, 0.05) is 149 Å². The summed E-state index contributed by atoms with van der Waals surface area (Å²) < 4.78 is 0. The number of nitrogens with one attached hydrogen (secondary N) is 8. The Morgan fingerprint density at radius 1 is 0.360 bits per heavy atom. The molecule has 0 bridgehead atoms. The summed E-state index contributed by atoms with van der Waals surface area (Å²) in [5, 5.41) is 28.7. The molecule has 7 heterocycles. The van der Waals surface area contributed by atoms with E-state index in [0.29, 0.717) is 17.2 Å². The number of allylic oxidation sites excluding steroid dienone is 8. The zero-order chi connectivity index (χ0) is 99.9. The summed E-state index contributed by atoms with van der Waals surface area (Å²) in [4.78, 5) is 63.0. The van der Waals surface area contributed by atoms with Crippen molar-refractivity contribution in [3.05, 3.63) is 325 Å². The van der Waals surface area contributed by atoms with Crippen LogP contribution in [0.4, 0.5) is 51.8 Å². The lowest BCUT2D eigenvalue weighted by atomic mass is 9.86. The predicted molar refractivity (Wildman–Crippen MR) is 601 cm³/mol. The van der Waals surface area contributed by atoms with Crippen molar-refractivity contribution >= 4 is 187 Å². The summed E-state index contributed by atoms with van der Waals surface area (Å²) in [6, 6.07) is 13.1. The summed E-state index contributed by atoms with van der Waals surface area (Å²) in [6.45, 7) is 67.0. The number of pyridine rings is 6. The van der Waals surface area contributed by atoms with E-state index in [-0.39, 0.29) is 18.3 Å². The third-order valence-corrected chi connectivity index (χ3v) is 26.5. The number of H-pyrrole nitrogens is 3. The summed E-state index contributed by atoms with van der Waals surface area (Å²) in [5.41, 5.74) is 65.2. The minimum atomic E-state index is 0. The Kier molecular flexibility index (Phi) is 36.0. The van der Waals surface area contributed by atoms with Crippen molar-refractivity contribution in [2.75, 3.05) is 84.8 Å². The van der Waals surface area contributed by atoms with Crippen molar-refractivity contribution in [2.24, 2.45) is 0 Å². The molecule has 0 saturated carbocycles. The number of anilines is 9. The van der Waals surface area contributed by atoms with E-state index in [2.05, 4.69) is 198 Å². The first kappa shape index (κ1) is 106. The number of hydrogen-bond acceptors (Lipinski definition) is 16. The zero-order valence-electron chi connectivity index (χ0n) is 84.6. The van der Waals surface area contributed by atoms with Gasteiger partial charge in [0.2, 0.25) is 0 Å². The van der Waals surface area contributed by atoms with E-state index in [0.717, 1.165) is 224 Å². The number of nitrogens with zero attached hydrogens (tertiary/aromatic N) is 4. The molecule has 136 heavy (non-hydrogen) atoms. The van der Waals surface area contributed by atoms with Gasteiger partial charge < -0.3 is 64.5 Å². The van der Waals surface area contributed by atoms with Crippen LogP contribution in [0.25, 0.3) is 129 Å². The number of fused-ring (bicyclic) bond motifs is 8. The van der Waals surface area contributed by atoms with Crippen LogP contribution in [0, 0.1) is 138 Å². The molecule has 0 amide bonds. The maximum absolute atomic E-state index is 11.8. The number of nitrogen functional groups attached to an aromatic ring is 4. The fourth-order valence-corrected chi connectivity index (χ4v) is 18.8. The predicted octanol–water partition coefficient (Wildman–Crippen LogP) is 28.0. The second-order valence-electron chi connectivity index (χ2n) is 34.1. The molecule has 0 unspecified atom stereocenters. The number of aryl methyl sites for hydroxylation is 16. The van der Waals surface area contributed by atoms with Gasteiger partial charge in [-0.25, -0.2) is 19.9 Å². The van der Waals surface area contributed by atoms with Crippen LogP contribution in [0.1, 0.15) is 195 Å². The lowest BCUT2D eigenvalue weighted by Crippen LogP contribution is -2.06. The molecule has 0 fully saturated rings. The number of hydrogen-bond donors (Lipinski definition) is 12. The van der Waals surface area contributed by atoms with Gasteiger partial charge in [0.15, 0.2) is 17.1 Å². The van der Waals surface area contributed by atoms with Crippen LogP contribution in [0.2, 0.25) is 0 Å². The molecule has 7 aromatic heterocycles. The molecule has 19 nitrogen and oxygen atoms in total. The molecular weight excluding hydrogens is 1680 g/mol. The van der Waals surface area contributed by atoms with Crippen LogP contribution in [-0.4, -0.2) is 76.4 Å². The van der Waals surface area contributed by atoms with E-state index >= 15 is 0 Å². The number of aromatic amines is 3. The van der Waals surface area contributed by atoms with Gasteiger partial charge in [0.1, 0.15) is 29.1 Å². The number of aromatic nitrogens is 7. The first-order valence-corrected chi connectivity index (χ1v) is 45.6. The van der Waals surface area contributed by atoms with E-state index in [1.54, 1.807) is 30.6 Å². The molecule has 0 saturated heterocycles. The maximum atomic E-state index is 11.8. The van der Waals surface area contributed by atoms with Crippen molar-refractivity contribution in [1.82, 2.24) is 34.9 Å². The Labute approximate surface area is 804 Å². The van der Waals surface area contributed by atoms with Gasteiger partial charge in [-0.2, -0.15) is 0 Å². The van der Waals surface area contributed by atoms with Crippen LogP contribution in [0.5, 0.6) is 0 Å². The fourth-order valence-electron chi connectivity index (χ4n) is 18.8. The fraction of sp³-hybridized carbons (Fsp3) is 0.256. The highest BCUT2D eigenvalue weighted by molar-refractivity contribution is 6.14. The molecular formula is C117H142N16O3. The monoisotopic (exact) mass is 1820 g/mol. The molecule has 0 spiro atoms. The van der Waals surface area contributed by atoms with E-state index in [1.807, 2.05) is 208 Å². The second kappa shape index (κ2) is 46.0. The van der Waals surface area contributed by atoms with Gasteiger partial charge in [-0.1, -0.05) is 138 Å². The van der Waals surface area contributed by atoms with Crippen LogP contribution in [0.15, 0.2) is 152 Å². The number of rotatable bonds is 17. The SMILES string of the molecule is C.C/C=C/C=C/c1c(C)cc2c(=O)cc[nH]c2c1C.C/C=C/C=C/c1c(C)cc2c(=O)cc[nH]c2c1C.C=C/C=C/c1c(N)c(C)c2c(C)c(C)nc(N)c2c1C.C=Cc1c(CC)c(C=C)c2c(C)c(C)nc(N)c2c1C.C=Cc1cc2c(C=O)c3[nH]ccc3cc2c(C=C)c1C.CNc1nc(NC)c2c(C)c(C)c(N)c(C)c2c1C.CNc1nc2c(C)c(NC)c(C)c(C)c2c(NC)c1C. The third-order valence-electron chi connectivity index (χ3n) is 26.5. The molecule has 19 heteroatoms. The molecule has 8 aromatic carbocycles. The maximum Gasteiger partial charge on any atom is 0.189 e. The molecule has 15 rings (SSSR count). The number of nitrogens with two attached hydrogens (primary N) is 4. The highest BCUT2D eigenvalue weighted by Crippen LogP contribution is 2.44. The van der Waals surface area contributed by atoms with Gasteiger partial charge in [-0.05, 0) is 350 Å². The van der Waals surface area contributed by atoms with E-state index < -0.39 is 0 Å². The Bertz CT molecular complexity index is 7420. The van der Waals surface area contributed by atoms with E-state index in [9.17, 15) is 14.4 Å². The van der Waals surface area contributed by atoms with Crippen LogP contribution < -0.4 is 60.4 Å². The highest BCUT2D eigenvalue weighted by Gasteiger charge is 2.24. The number of carbonyl (C=O) groups is 1. The third kappa shape index (κ3) is 20.6. The number of carbonyl (C=O) groups excluding carboxylic acids is 1. The summed E-state index contributed by atoms with van der Waals surface area (Å²) in [5.74, 6) is 3.87. The van der Waals surface area contributed by atoms with Gasteiger partial charge in [-0.3, -0.25) is 14.4 Å². The van der Waals surface area contributed by atoms with Crippen molar-refractivity contribution in [1.29, 1.82) is 0 Å².